The SMILES string of the molecule is CNC(=O)N(c1ccc(S(=O)(=O)Nc2ccon2)cn1)c1cc(Cl)c(-c2ccc(C)c(Cl)c2)cc1OC. The van der Waals surface area contributed by atoms with E-state index < -0.39 is 16.1 Å². The molecule has 37 heavy (non-hydrogen) atoms. The Morgan fingerprint density at radius 1 is 1.08 bits per heavy atom. The van der Waals surface area contributed by atoms with Gasteiger partial charge in [0.05, 0.1) is 17.8 Å². The minimum absolute atomic E-state index is 0.0189. The number of aromatic nitrogens is 2. The molecule has 0 saturated carbocycles. The van der Waals surface area contributed by atoms with Gasteiger partial charge in [-0.3, -0.25) is 4.72 Å². The highest BCUT2D eigenvalue weighted by Gasteiger charge is 2.25. The maximum absolute atomic E-state index is 12.9. The van der Waals surface area contributed by atoms with E-state index in [2.05, 4.69) is 24.7 Å². The number of benzene rings is 2. The molecule has 4 rings (SSSR count). The summed E-state index contributed by atoms with van der Waals surface area (Å²) < 4.78 is 37.8. The van der Waals surface area contributed by atoms with Crippen LogP contribution in [0.1, 0.15) is 5.56 Å². The number of halogens is 2. The van der Waals surface area contributed by atoms with Gasteiger partial charge in [0.25, 0.3) is 10.0 Å². The Morgan fingerprint density at radius 2 is 1.86 bits per heavy atom. The normalized spacial score (nSPS) is 11.2. The zero-order valence-corrected chi connectivity index (χ0v) is 22.1. The van der Waals surface area contributed by atoms with E-state index in [1.165, 1.54) is 43.5 Å². The Balaban J connectivity index is 1.75. The van der Waals surface area contributed by atoms with Crippen molar-refractivity contribution < 1.29 is 22.5 Å². The predicted molar refractivity (Wildman–Crippen MR) is 141 cm³/mol. The number of hydrogen-bond donors (Lipinski definition) is 2. The quantitative estimate of drug-likeness (QED) is 0.299. The van der Waals surface area contributed by atoms with E-state index in [0.717, 1.165) is 17.3 Å². The molecule has 0 radical (unpaired) electrons. The molecule has 0 aliphatic rings. The Morgan fingerprint density at radius 3 is 2.46 bits per heavy atom. The van der Waals surface area contributed by atoms with Gasteiger partial charge in [-0.2, -0.15) is 0 Å². The van der Waals surface area contributed by atoms with Crippen molar-refractivity contribution in [1.82, 2.24) is 15.5 Å². The van der Waals surface area contributed by atoms with Gasteiger partial charge in [0.1, 0.15) is 22.7 Å². The molecule has 2 aromatic carbocycles. The molecule has 0 bridgehead atoms. The van der Waals surface area contributed by atoms with Gasteiger partial charge in [-0.15, -0.1) is 0 Å². The van der Waals surface area contributed by atoms with E-state index in [1.807, 2.05) is 19.1 Å². The number of pyridine rings is 1. The molecule has 192 valence electrons. The van der Waals surface area contributed by atoms with Crippen molar-refractivity contribution in [3.05, 3.63) is 76.6 Å². The largest absolute Gasteiger partial charge is 0.495 e. The summed E-state index contributed by atoms with van der Waals surface area (Å²) in [6.45, 7) is 1.90. The van der Waals surface area contributed by atoms with E-state index >= 15 is 0 Å². The Kier molecular flexibility index (Phi) is 7.58. The third-order valence-corrected chi connectivity index (χ3v) is 7.41. The topological polar surface area (TPSA) is 127 Å². The summed E-state index contributed by atoms with van der Waals surface area (Å²) >= 11 is 12.9. The fraction of sp³-hybridized carbons (Fsp3) is 0.125. The summed E-state index contributed by atoms with van der Waals surface area (Å²) in [5.74, 6) is 0.469. The van der Waals surface area contributed by atoms with Crippen LogP contribution in [0.4, 0.5) is 22.1 Å². The van der Waals surface area contributed by atoms with Crippen LogP contribution in [0.5, 0.6) is 5.75 Å². The van der Waals surface area contributed by atoms with Crippen LogP contribution in [0.2, 0.25) is 10.0 Å². The molecule has 0 fully saturated rings. The van der Waals surface area contributed by atoms with Crippen LogP contribution in [-0.2, 0) is 10.0 Å². The third kappa shape index (κ3) is 5.48. The molecule has 2 heterocycles. The zero-order valence-electron chi connectivity index (χ0n) is 19.8. The minimum Gasteiger partial charge on any atom is -0.495 e. The number of urea groups is 1. The number of methoxy groups -OCH3 is 1. The average Bonchev–Trinajstić information content (AvgIpc) is 3.38. The number of rotatable bonds is 7. The van der Waals surface area contributed by atoms with Crippen molar-refractivity contribution >= 4 is 56.6 Å². The van der Waals surface area contributed by atoms with Crippen molar-refractivity contribution in [3.8, 4) is 16.9 Å². The fourth-order valence-electron chi connectivity index (χ4n) is 3.44. The highest BCUT2D eigenvalue weighted by atomic mass is 35.5. The number of aryl methyl sites for hydroxylation is 1. The molecular weight excluding hydrogens is 541 g/mol. The molecule has 13 heteroatoms. The van der Waals surface area contributed by atoms with Crippen molar-refractivity contribution in [1.29, 1.82) is 0 Å². The molecule has 2 aromatic heterocycles. The number of hydrogen-bond acceptors (Lipinski definition) is 7. The summed E-state index contributed by atoms with van der Waals surface area (Å²) in [7, 11) is -1.08. The smallest absolute Gasteiger partial charge is 0.327 e. The molecule has 0 atom stereocenters. The van der Waals surface area contributed by atoms with Gasteiger partial charge in [0, 0.05) is 29.9 Å². The van der Waals surface area contributed by atoms with Crippen LogP contribution >= 0.6 is 23.2 Å². The Hall–Kier alpha value is -3.80. The molecule has 0 unspecified atom stereocenters. The molecule has 0 spiro atoms. The van der Waals surface area contributed by atoms with Gasteiger partial charge >= 0.3 is 6.03 Å². The summed E-state index contributed by atoms with van der Waals surface area (Å²) in [6.07, 6.45) is 2.35. The van der Waals surface area contributed by atoms with E-state index in [1.54, 1.807) is 18.2 Å². The summed E-state index contributed by atoms with van der Waals surface area (Å²) in [5, 5.41) is 7.00. The molecule has 2 amide bonds. The average molecular weight is 562 g/mol. The van der Waals surface area contributed by atoms with Gasteiger partial charge in [-0.05, 0) is 48.4 Å². The molecule has 4 aromatic rings. The predicted octanol–water partition coefficient (Wildman–Crippen LogP) is 5.64. The molecular formula is C24H21Cl2N5O5S. The van der Waals surface area contributed by atoms with Crippen molar-refractivity contribution in [2.45, 2.75) is 11.8 Å². The summed E-state index contributed by atoms with van der Waals surface area (Å²) in [5.41, 5.74) is 2.62. The number of sulfonamides is 1. The highest BCUT2D eigenvalue weighted by molar-refractivity contribution is 7.92. The van der Waals surface area contributed by atoms with Crippen LogP contribution < -0.4 is 19.7 Å². The molecule has 0 saturated heterocycles. The number of nitrogens with one attached hydrogen (secondary N) is 2. The number of carbonyl (C=O) groups is 1. The Bertz CT molecular complexity index is 1540. The standard InChI is InChI=1S/C24H21Cl2N5O5S/c1-14-4-5-15(10-18(14)25)17-11-21(35-3)20(12-19(17)26)31(24(32)27-2)23-7-6-16(13-28-23)37(33,34)30-22-8-9-36-29-22/h4-13H,1-3H3,(H,27,32)(H,29,30). The van der Waals surface area contributed by atoms with Gasteiger partial charge in [-0.1, -0.05) is 40.5 Å². The van der Waals surface area contributed by atoms with Gasteiger partial charge in [-0.25, -0.2) is 23.1 Å². The molecule has 0 aliphatic carbocycles. The summed E-state index contributed by atoms with van der Waals surface area (Å²) in [4.78, 5) is 18.2. The van der Waals surface area contributed by atoms with Crippen LogP contribution in [0.25, 0.3) is 11.1 Å². The first-order valence-electron chi connectivity index (χ1n) is 10.7. The maximum atomic E-state index is 12.9. The second kappa shape index (κ2) is 10.7. The van der Waals surface area contributed by atoms with E-state index in [9.17, 15) is 13.2 Å². The van der Waals surface area contributed by atoms with E-state index in [-0.39, 0.29) is 22.2 Å². The van der Waals surface area contributed by atoms with Crippen LogP contribution in [0.15, 0.2) is 70.4 Å². The molecule has 10 nitrogen and oxygen atoms in total. The van der Waals surface area contributed by atoms with Crippen molar-refractivity contribution in [2.75, 3.05) is 23.8 Å². The Labute approximate surface area is 223 Å². The lowest BCUT2D eigenvalue weighted by Gasteiger charge is -2.24. The van der Waals surface area contributed by atoms with Crippen LogP contribution in [-0.4, -0.2) is 38.7 Å². The first-order valence-corrected chi connectivity index (χ1v) is 12.9. The zero-order chi connectivity index (χ0) is 26.7. The number of ether oxygens (including phenoxy) is 1. The third-order valence-electron chi connectivity index (χ3n) is 5.35. The van der Waals surface area contributed by atoms with Crippen LogP contribution in [0.3, 0.4) is 0 Å². The van der Waals surface area contributed by atoms with E-state index in [0.29, 0.717) is 21.4 Å². The second-order valence-corrected chi connectivity index (χ2v) is 10.2. The van der Waals surface area contributed by atoms with E-state index in [4.69, 9.17) is 27.9 Å². The minimum atomic E-state index is -3.99. The summed E-state index contributed by atoms with van der Waals surface area (Å²) in [6, 6.07) is 12.3. The molecule has 0 aliphatic heterocycles. The lowest BCUT2D eigenvalue weighted by Crippen LogP contribution is -2.35. The van der Waals surface area contributed by atoms with Gasteiger partial charge < -0.3 is 14.6 Å². The fourth-order valence-corrected chi connectivity index (χ4v) is 4.82. The van der Waals surface area contributed by atoms with Crippen molar-refractivity contribution in [3.63, 3.8) is 0 Å². The van der Waals surface area contributed by atoms with Crippen molar-refractivity contribution in [2.24, 2.45) is 0 Å². The lowest BCUT2D eigenvalue weighted by atomic mass is 10.0. The highest BCUT2D eigenvalue weighted by Crippen LogP contribution is 2.41. The second-order valence-electron chi connectivity index (χ2n) is 7.70. The lowest BCUT2D eigenvalue weighted by molar-refractivity contribution is 0.250. The maximum Gasteiger partial charge on any atom is 0.327 e. The van der Waals surface area contributed by atoms with Gasteiger partial charge in [0.2, 0.25) is 0 Å². The number of carbonyl (C=O) groups excluding carboxylic acids is 1. The first kappa shape index (κ1) is 26.3. The molecule has 2 N–H and O–H groups in total. The first-order chi connectivity index (χ1) is 17.6. The number of anilines is 3. The number of nitrogens with zero attached hydrogens (tertiary/aromatic N) is 3. The number of amides is 2. The van der Waals surface area contributed by atoms with Crippen LogP contribution in [0, 0.1) is 6.92 Å². The van der Waals surface area contributed by atoms with Gasteiger partial charge in [0.15, 0.2) is 5.82 Å². The monoisotopic (exact) mass is 561 g/mol.